The maximum atomic E-state index is 5.56. The minimum absolute atomic E-state index is 0.0378. The Balaban J connectivity index is 1.40. The number of aryl methyl sites for hydroxylation is 1. The van der Waals surface area contributed by atoms with Gasteiger partial charge in [-0.25, -0.2) is 4.98 Å². The Hall–Kier alpha value is -3.16. The molecule has 1 aliphatic heterocycles. The standard InChI is InChI=1S/C17H18N6O2/c1-11-7-16(23-17(21-11)19-10-20-23)18-9-14-8-15(22-25-14)12-3-5-13(24-2)6-4-12/h3-7,10,14,18H,8-9H2,1-2H3/t14-/m0/s1. The van der Waals surface area contributed by atoms with Crippen molar-refractivity contribution in [3.8, 4) is 5.75 Å². The molecule has 1 N–H and O–H groups in total. The number of nitrogens with zero attached hydrogens (tertiary/aromatic N) is 5. The quantitative estimate of drug-likeness (QED) is 0.766. The molecule has 25 heavy (non-hydrogen) atoms. The number of methoxy groups -OCH3 is 1. The zero-order valence-corrected chi connectivity index (χ0v) is 14.0. The Bertz CT molecular complexity index is 919. The fourth-order valence-electron chi connectivity index (χ4n) is 2.77. The Labute approximate surface area is 144 Å². The van der Waals surface area contributed by atoms with Gasteiger partial charge in [-0.05, 0) is 36.8 Å². The van der Waals surface area contributed by atoms with Crippen LogP contribution in [0.1, 0.15) is 17.7 Å². The van der Waals surface area contributed by atoms with Crippen molar-refractivity contribution in [2.24, 2.45) is 5.16 Å². The number of anilines is 1. The first-order valence-corrected chi connectivity index (χ1v) is 8.01. The third kappa shape index (κ3) is 3.10. The van der Waals surface area contributed by atoms with Gasteiger partial charge in [-0.1, -0.05) is 5.16 Å². The van der Waals surface area contributed by atoms with Gasteiger partial charge in [0, 0.05) is 18.2 Å². The van der Waals surface area contributed by atoms with Gasteiger partial charge >= 0.3 is 0 Å². The second-order valence-corrected chi connectivity index (χ2v) is 5.83. The minimum atomic E-state index is -0.0378. The molecule has 4 rings (SSSR count). The van der Waals surface area contributed by atoms with Gasteiger partial charge in [0.15, 0.2) is 0 Å². The van der Waals surface area contributed by atoms with E-state index in [1.54, 1.807) is 11.6 Å². The van der Waals surface area contributed by atoms with E-state index in [0.717, 1.165) is 35.0 Å². The van der Waals surface area contributed by atoms with Gasteiger partial charge in [0.05, 0.1) is 19.4 Å². The number of oxime groups is 1. The molecule has 0 fully saturated rings. The van der Waals surface area contributed by atoms with Gasteiger partial charge in [-0.2, -0.15) is 14.6 Å². The van der Waals surface area contributed by atoms with Crippen molar-refractivity contribution in [1.82, 2.24) is 19.6 Å². The lowest BCUT2D eigenvalue weighted by Gasteiger charge is -2.12. The molecule has 3 aromatic rings. The van der Waals surface area contributed by atoms with Crippen LogP contribution in [0.4, 0.5) is 5.82 Å². The van der Waals surface area contributed by atoms with Gasteiger partial charge in [0.2, 0.25) is 0 Å². The predicted octanol–water partition coefficient (Wildman–Crippen LogP) is 2.05. The molecule has 3 heterocycles. The lowest BCUT2D eigenvalue weighted by atomic mass is 10.0. The highest BCUT2D eigenvalue weighted by molar-refractivity contribution is 6.01. The van der Waals surface area contributed by atoms with Crippen LogP contribution >= 0.6 is 0 Å². The number of hydrogen-bond donors (Lipinski definition) is 1. The smallest absolute Gasteiger partial charge is 0.254 e. The molecule has 0 saturated heterocycles. The number of benzene rings is 1. The molecule has 0 radical (unpaired) electrons. The van der Waals surface area contributed by atoms with E-state index in [2.05, 4.69) is 25.5 Å². The molecule has 1 aliphatic rings. The van der Waals surface area contributed by atoms with Crippen LogP contribution < -0.4 is 10.1 Å². The van der Waals surface area contributed by atoms with E-state index in [1.807, 2.05) is 37.3 Å². The molecule has 1 atom stereocenters. The summed E-state index contributed by atoms with van der Waals surface area (Å²) in [5.41, 5.74) is 2.86. The van der Waals surface area contributed by atoms with Crippen LogP contribution in [-0.2, 0) is 4.84 Å². The Morgan fingerprint density at radius 3 is 2.96 bits per heavy atom. The van der Waals surface area contributed by atoms with Gasteiger partial charge in [0.25, 0.3) is 5.78 Å². The van der Waals surface area contributed by atoms with E-state index in [4.69, 9.17) is 9.57 Å². The summed E-state index contributed by atoms with van der Waals surface area (Å²) in [6.45, 7) is 2.54. The summed E-state index contributed by atoms with van der Waals surface area (Å²) in [5.74, 6) is 2.23. The molecule has 0 unspecified atom stereocenters. The van der Waals surface area contributed by atoms with Crippen molar-refractivity contribution in [2.45, 2.75) is 19.4 Å². The summed E-state index contributed by atoms with van der Waals surface area (Å²) in [6.07, 6.45) is 2.19. The second-order valence-electron chi connectivity index (χ2n) is 5.83. The van der Waals surface area contributed by atoms with Crippen molar-refractivity contribution in [2.75, 3.05) is 19.0 Å². The highest BCUT2D eigenvalue weighted by Crippen LogP contribution is 2.20. The molecule has 8 heteroatoms. The SMILES string of the molecule is COc1ccc(C2=NO[C@H](CNc3cc(C)nc4ncnn34)C2)cc1. The van der Waals surface area contributed by atoms with Crippen molar-refractivity contribution in [1.29, 1.82) is 0 Å². The summed E-state index contributed by atoms with van der Waals surface area (Å²) in [4.78, 5) is 14.0. The summed E-state index contributed by atoms with van der Waals surface area (Å²) >= 11 is 0. The van der Waals surface area contributed by atoms with E-state index >= 15 is 0 Å². The van der Waals surface area contributed by atoms with Gasteiger partial charge in [0.1, 0.15) is 24.0 Å². The number of aromatic nitrogens is 4. The second kappa shape index (κ2) is 6.39. The maximum absolute atomic E-state index is 5.56. The fourth-order valence-corrected chi connectivity index (χ4v) is 2.77. The summed E-state index contributed by atoms with van der Waals surface area (Å²) in [6, 6.07) is 9.75. The van der Waals surface area contributed by atoms with Crippen molar-refractivity contribution in [3.63, 3.8) is 0 Å². The monoisotopic (exact) mass is 338 g/mol. The molecule has 0 amide bonds. The molecule has 8 nitrogen and oxygen atoms in total. The van der Waals surface area contributed by atoms with E-state index < -0.39 is 0 Å². The highest BCUT2D eigenvalue weighted by Gasteiger charge is 2.22. The summed E-state index contributed by atoms with van der Waals surface area (Å²) in [7, 11) is 1.65. The molecule has 128 valence electrons. The van der Waals surface area contributed by atoms with Crippen LogP contribution in [0.25, 0.3) is 5.78 Å². The van der Waals surface area contributed by atoms with Crippen LogP contribution in [0.5, 0.6) is 5.75 Å². The van der Waals surface area contributed by atoms with Crippen LogP contribution in [-0.4, -0.2) is 45.1 Å². The van der Waals surface area contributed by atoms with Crippen molar-refractivity contribution in [3.05, 3.63) is 47.9 Å². The lowest BCUT2D eigenvalue weighted by Crippen LogP contribution is -2.21. The van der Waals surface area contributed by atoms with E-state index in [1.165, 1.54) is 6.33 Å². The molecule has 0 bridgehead atoms. The predicted molar refractivity (Wildman–Crippen MR) is 93.0 cm³/mol. The Kier molecular flexibility index (Phi) is 3.93. The molecule has 1 aromatic carbocycles. The van der Waals surface area contributed by atoms with Crippen LogP contribution in [0.15, 0.2) is 41.8 Å². The molecule has 0 spiro atoms. The van der Waals surface area contributed by atoms with Crippen molar-refractivity contribution >= 4 is 17.3 Å². The lowest BCUT2D eigenvalue weighted by molar-refractivity contribution is 0.0948. The van der Waals surface area contributed by atoms with Gasteiger partial charge < -0.3 is 14.9 Å². The van der Waals surface area contributed by atoms with Crippen LogP contribution in [0, 0.1) is 6.92 Å². The first kappa shape index (κ1) is 15.4. The normalized spacial score (nSPS) is 16.6. The molecule has 0 aliphatic carbocycles. The maximum Gasteiger partial charge on any atom is 0.254 e. The van der Waals surface area contributed by atoms with E-state index in [0.29, 0.717) is 12.3 Å². The van der Waals surface area contributed by atoms with Crippen LogP contribution in [0.2, 0.25) is 0 Å². The zero-order chi connectivity index (χ0) is 17.2. The zero-order valence-electron chi connectivity index (χ0n) is 14.0. The molecule has 2 aromatic heterocycles. The fraction of sp³-hybridized carbons (Fsp3) is 0.294. The van der Waals surface area contributed by atoms with E-state index in [-0.39, 0.29) is 6.10 Å². The average Bonchev–Trinajstić information content (AvgIpc) is 3.29. The first-order valence-electron chi connectivity index (χ1n) is 8.01. The molecular weight excluding hydrogens is 320 g/mol. The van der Waals surface area contributed by atoms with Gasteiger partial charge in [-0.3, -0.25) is 0 Å². The Morgan fingerprint density at radius 2 is 2.16 bits per heavy atom. The number of nitrogens with one attached hydrogen (secondary N) is 1. The third-order valence-corrected chi connectivity index (χ3v) is 4.05. The first-order chi connectivity index (χ1) is 12.2. The largest absolute Gasteiger partial charge is 0.497 e. The highest BCUT2D eigenvalue weighted by atomic mass is 16.6. The average molecular weight is 338 g/mol. The van der Waals surface area contributed by atoms with Gasteiger partial charge in [-0.15, -0.1) is 0 Å². The molecular formula is C17H18N6O2. The minimum Gasteiger partial charge on any atom is -0.497 e. The summed E-state index contributed by atoms with van der Waals surface area (Å²) in [5, 5.41) is 11.7. The third-order valence-electron chi connectivity index (χ3n) is 4.05. The number of hydrogen-bond acceptors (Lipinski definition) is 7. The van der Waals surface area contributed by atoms with Crippen LogP contribution in [0.3, 0.4) is 0 Å². The molecule has 0 saturated carbocycles. The Morgan fingerprint density at radius 1 is 1.32 bits per heavy atom. The number of fused-ring (bicyclic) bond motifs is 1. The van der Waals surface area contributed by atoms with E-state index in [9.17, 15) is 0 Å². The topological polar surface area (TPSA) is 85.9 Å². The number of rotatable bonds is 5. The van der Waals surface area contributed by atoms with Crippen molar-refractivity contribution < 1.29 is 9.57 Å². The number of ether oxygens (including phenoxy) is 1. The summed E-state index contributed by atoms with van der Waals surface area (Å²) < 4.78 is 6.85.